The molecule has 3 aromatic rings. The molecule has 2 aliphatic rings. The largest absolute Gasteiger partial charge is 0.382 e. The van der Waals surface area contributed by atoms with Crippen molar-refractivity contribution in [2.75, 3.05) is 53.3 Å². The summed E-state index contributed by atoms with van der Waals surface area (Å²) in [7, 11) is -3.85. The zero-order chi connectivity index (χ0) is 34.1. The number of ether oxygens (including phenoxy) is 6. The number of primary amides is 1. The van der Waals surface area contributed by atoms with Crippen LogP contribution in [0.25, 0.3) is 11.2 Å². The van der Waals surface area contributed by atoms with Gasteiger partial charge in [-0.15, -0.1) is 11.3 Å². The Morgan fingerprint density at radius 1 is 0.936 bits per heavy atom. The summed E-state index contributed by atoms with van der Waals surface area (Å²) >= 11 is 1.11. The van der Waals surface area contributed by atoms with Gasteiger partial charge in [0.2, 0.25) is 0 Å². The molecule has 0 saturated carbocycles. The first-order chi connectivity index (χ1) is 22.3. The fourth-order valence-electron chi connectivity index (χ4n) is 5.48. The molecule has 5 heterocycles. The first kappa shape index (κ1) is 35.8. The zero-order valence-corrected chi connectivity index (χ0v) is 28.2. The lowest BCUT2D eigenvalue weighted by Crippen LogP contribution is -2.37. The second-order valence-electron chi connectivity index (χ2n) is 10.5. The molecule has 2 aliphatic heterocycles. The van der Waals surface area contributed by atoms with Crippen LogP contribution in [0.1, 0.15) is 27.8 Å². The van der Waals surface area contributed by atoms with Crippen LogP contribution in [0, 0.1) is 0 Å². The second kappa shape index (κ2) is 14.6. The van der Waals surface area contributed by atoms with E-state index in [1.54, 1.807) is 4.57 Å². The van der Waals surface area contributed by atoms with Gasteiger partial charge in [-0.05, 0) is 0 Å². The third kappa shape index (κ3) is 7.57. The maximum atomic E-state index is 13.0. The van der Waals surface area contributed by atoms with Gasteiger partial charge in [-0.2, -0.15) is 0 Å². The molecule has 2 saturated heterocycles. The van der Waals surface area contributed by atoms with Crippen molar-refractivity contribution in [3.05, 3.63) is 28.7 Å². The number of imidazole rings is 1. The van der Waals surface area contributed by atoms with Crippen LogP contribution in [0.15, 0.2) is 18.0 Å². The molecule has 1 amide bonds. The fourth-order valence-corrected chi connectivity index (χ4v) is 9.58. The number of anilines is 1. The molecule has 6 N–H and O–H groups in total. The molecule has 20 nitrogen and oxygen atoms in total. The lowest BCUT2D eigenvalue weighted by molar-refractivity contribution is -0.0566. The Kier molecular flexibility index (Phi) is 11.1. The Bertz CT molecular complexity index is 1660. The van der Waals surface area contributed by atoms with Crippen LogP contribution in [0.3, 0.4) is 0 Å². The van der Waals surface area contributed by atoms with Crippen molar-refractivity contribution in [3.8, 4) is 0 Å². The first-order valence-corrected chi connectivity index (χ1v) is 18.3. The van der Waals surface area contributed by atoms with E-state index in [0.717, 1.165) is 11.3 Å². The number of nitrogens with zero attached hydrogens (tertiary/aromatic N) is 5. The SMILES string of the molecule is COC1C(COP(=O)(O)CP(=O)(O)OCC2OC(n3cnc4c(N)ncnc43)C(OC)C2OC)OC(c2nc(C(N)=O)cs2)C1OC. The molecule has 0 radical (unpaired) electrons. The number of amides is 1. The van der Waals surface area contributed by atoms with Gasteiger partial charge >= 0.3 is 15.2 Å². The van der Waals surface area contributed by atoms with Gasteiger partial charge in [-0.3, -0.25) is 18.5 Å². The fraction of sp³-hybridized carbons (Fsp3) is 0.625. The smallest absolute Gasteiger partial charge is 0.340 e. The van der Waals surface area contributed by atoms with E-state index in [1.807, 2.05) is 0 Å². The van der Waals surface area contributed by atoms with Crippen LogP contribution >= 0.6 is 26.5 Å². The maximum absolute atomic E-state index is 13.0. The van der Waals surface area contributed by atoms with E-state index in [0.29, 0.717) is 16.2 Å². The summed E-state index contributed by atoms with van der Waals surface area (Å²) in [6.45, 7) is -1.03. The molecule has 0 bridgehead atoms. The van der Waals surface area contributed by atoms with E-state index in [9.17, 15) is 23.7 Å². The summed E-state index contributed by atoms with van der Waals surface area (Å²) in [5, 5.41) is 1.84. The number of rotatable bonds is 15. The number of aromatic nitrogens is 5. The maximum Gasteiger partial charge on any atom is 0.340 e. The molecule has 47 heavy (non-hydrogen) atoms. The Hall–Kier alpha value is -2.49. The number of carbonyl (C=O) groups is 1. The van der Waals surface area contributed by atoms with Gasteiger partial charge in [0.25, 0.3) is 5.91 Å². The lowest BCUT2D eigenvalue weighted by Gasteiger charge is -2.23. The summed E-state index contributed by atoms with van der Waals surface area (Å²) in [5.41, 5.74) is 11.9. The van der Waals surface area contributed by atoms with Crippen LogP contribution in [0.5, 0.6) is 0 Å². The third-order valence-corrected chi connectivity index (χ3v) is 12.5. The first-order valence-electron chi connectivity index (χ1n) is 13.9. The standard InChI is InChI=1S/C24H35N7O13P2S/c1-37-15-12(43-18(17(15)39-3)23-30-11(7-47-23)21(26)32)5-41-45(33,34)10-46(35,36)42-6-13-16(38-2)19(40-4)24(44-13)31-9-29-14-20(25)27-8-28-22(14)31/h7-9,12-13,15-19,24H,5-6,10H2,1-4H3,(H2,26,32)(H,33,34)(H,35,36)(H2,25,27,28). The number of nitrogen functional groups attached to an aromatic ring is 1. The molecular formula is C24H35N7O13P2S. The highest BCUT2D eigenvalue weighted by atomic mass is 32.1. The number of nitrogens with two attached hydrogens (primary N) is 2. The van der Waals surface area contributed by atoms with Crippen LogP contribution in [-0.4, -0.2) is 124 Å². The minimum absolute atomic E-state index is 0.0405. The number of fused-ring (bicyclic) bond motifs is 1. The van der Waals surface area contributed by atoms with Crippen LogP contribution in [0.2, 0.25) is 0 Å². The Morgan fingerprint density at radius 3 is 2.11 bits per heavy atom. The lowest BCUT2D eigenvalue weighted by atomic mass is 10.1. The third-order valence-electron chi connectivity index (χ3n) is 7.60. The van der Waals surface area contributed by atoms with Crippen LogP contribution in [0.4, 0.5) is 5.82 Å². The van der Waals surface area contributed by atoms with E-state index in [4.69, 9.17) is 48.9 Å². The summed E-state index contributed by atoms with van der Waals surface area (Å²) in [6.07, 6.45) is -3.90. The molecule has 0 aliphatic carbocycles. The van der Waals surface area contributed by atoms with Crippen molar-refractivity contribution in [2.45, 2.75) is 49.0 Å². The molecule has 0 aromatic carbocycles. The number of carbonyl (C=O) groups excluding carboxylic acids is 1. The van der Waals surface area contributed by atoms with Crippen molar-refractivity contribution in [1.29, 1.82) is 0 Å². The highest BCUT2D eigenvalue weighted by Crippen LogP contribution is 2.59. The van der Waals surface area contributed by atoms with Crippen molar-refractivity contribution >= 4 is 49.4 Å². The van der Waals surface area contributed by atoms with Gasteiger partial charge in [0.1, 0.15) is 65.3 Å². The van der Waals surface area contributed by atoms with Crippen LogP contribution < -0.4 is 11.5 Å². The average Bonchev–Trinajstić information content (AvgIpc) is 3.81. The Labute approximate surface area is 271 Å². The molecule has 23 heteroatoms. The van der Waals surface area contributed by atoms with Gasteiger partial charge in [-0.1, -0.05) is 0 Å². The molecule has 3 aromatic heterocycles. The molecular weight excluding hydrogens is 688 g/mol. The summed E-state index contributed by atoms with van der Waals surface area (Å²) in [4.78, 5) is 49.1. The normalized spacial score (nSPS) is 30.4. The van der Waals surface area contributed by atoms with Crippen LogP contribution in [-0.2, 0) is 46.6 Å². The monoisotopic (exact) mass is 723 g/mol. The van der Waals surface area contributed by atoms with Gasteiger partial charge < -0.3 is 58.7 Å². The van der Waals surface area contributed by atoms with E-state index < -0.39 is 89.2 Å². The zero-order valence-electron chi connectivity index (χ0n) is 25.6. The second-order valence-corrected chi connectivity index (χ2v) is 15.6. The van der Waals surface area contributed by atoms with Gasteiger partial charge in [0.05, 0.1) is 19.5 Å². The van der Waals surface area contributed by atoms with Crippen molar-refractivity contribution < 1.29 is 61.2 Å². The summed E-state index contributed by atoms with van der Waals surface area (Å²) in [5.74, 6) is -1.79. The molecule has 10 atom stereocenters. The highest BCUT2D eigenvalue weighted by Gasteiger charge is 2.50. The summed E-state index contributed by atoms with van der Waals surface area (Å²) in [6, 6.07) is 0. The van der Waals surface area contributed by atoms with E-state index in [2.05, 4.69) is 19.9 Å². The molecule has 260 valence electrons. The van der Waals surface area contributed by atoms with E-state index in [1.165, 1.54) is 46.5 Å². The Morgan fingerprint density at radius 2 is 1.53 bits per heavy atom. The molecule has 10 unspecified atom stereocenters. The van der Waals surface area contributed by atoms with Crippen molar-refractivity contribution in [2.24, 2.45) is 5.73 Å². The van der Waals surface area contributed by atoms with Crippen molar-refractivity contribution in [3.63, 3.8) is 0 Å². The van der Waals surface area contributed by atoms with Gasteiger partial charge in [-0.25, -0.2) is 19.9 Å². The van der Waals surface area contributed by atoms with Gasteiger partial charge in [0, 0.05) is 33.8 Å². The predicted molar refractivity (Wildman–Crippen MR) is 162 cm³/mol. The minimum Gasteiger partial charge on any atom is -0.382 e. The Balaban J connectivity index is 1.21. The quantitative estimate of drug-likeness (QED) is 0.155. The summed E-state index contributed by atoms with van der Waals surface area (Å²) < 4.78 is 72.2. The number of methoxy groups -OCH3 is 4. The molecule has 0 spiro atoms. The highest BCUT2D eigenvalue weighted by molar-refractivity contribution is 7.70. The van der Waals surface area contributed by atoms with Gasteiger partial charge in [0.15, 0.2) is 23.6 Å². The number of hydrogen-bond acceptors (Lipinski definition) is 17. The number of hydrogen-bond donors (Lipinski definition) is 4. The average molecular weight is 724 g/mol. The number of thiazole rings is 1. The van der Waals surface area contributed by atoms with Crippen molar-refractivity contribution in [1.82, 2.24) is 24.5 Å². The predicted octanol–water partition coefficient (Wildman–Crippen LogP) is 0.423. The minimum atomic E-state index is -4.74. The molecule has 5 rings (SSSR count). The van der Waals surface area contributed by atoms with E-state index in [-0.39, 0.29) is 11.5 Å². The topological polar surface area (TPSA) is 274 Å². The van der Waals surface area contributed by atoms with E-state index >= 15 is 0 Å². The molecule has 2 fully saturated rings.